The molecule has 9 heteroatoms. The molecule has 2 aromatic carbocycles. The quantitative estimate of drug-likeness (QED) is 0.487. The zero-order chi connectivity index (χ0) is 23.3. The van der Waals surface area contributed by atoms with Gasteiger partial charge in [-0.15, -0.1) is 0 Å². The Morgan fingerprint density at radius 3 is 2.69 bits per heavy atom. The zero-order valence-corrected chi connectivity index (χ0v) is 19.9. The summed E-state index contributed by atoms with van der Waals surface area (Å²) in [6, 6.07) is 10.9. The lowest BCUT2D eigenvalue weighted by molar-refractivity contribution is -0.119. The molecule has 3 rings (SSSR count). The Hall–Kier alpha value is -2.35. The summed E-state index contributed by atoms with van der Waals surface area (Å²) < 4.78 is 14.5. The lowest BCUT2D eigenvalue weighted by atomic mass is 10.2. The average molecular weight is 494 g/mol. The standard InChI is InChI=1S/C23H22Cl2FN3O2S/c1-3-6-14(2)27-21(30)13-32-23-28-19(12-15-9-10-16(24)17(25)11-15)22(31)29(23)20-8-5-4-7-18(20)26/h4-5,7-12,14H,3,6,13H2,1-2H3,(H,27,30). The number of benzene rings is 2. The van der Waals surface area contributed by atoms with Crippen LogP contribution >= 0.6 is 35.0 Å². The maximum Gasteiger partial charge on any atom is 0.283 e. The second-order valence-corrected chi connectivity index (χ2v) is 8.99. The van der Waals surface area contributed by atoms with Crippen molar-refractivity contribution in [3.05, 3.63) is 69.6 Å². The molecule has 1 aliphatic heterocycles. The van der Waals surface area contributed by atoms with E-state index < -0.39 is 11.7 Å². The molecule has 0 radical (unpaired) electrons. The molecule has 5 nitrogen and oxygen atoms in total. The highest BCUT2D eigenvalue weighted by Gasteiger charge is 2.34. The highest BCUT2D eigenvalue weighted by Crippen LogP contribution is 2.32. The fourth-order valence-corrected chi connectivity index (χ4v) is 4.27. The van der Waals surface area contributed by atoms with Crippen LogP contribution in [-0.4, -0.2) is 28.8 Å². The number of halogens is 3. The lowest BCUT2D eigenvalue weighted by Crippen LogP contribution is -2.35. The second kappa shape index (κ2) is 11.0. The monoisotopic (exact) mass is 493 g/mol. The van der Waals surface area contributed by atoms with Gasteiger partial charge in [-0.3, -0.25) is 14.5 Å². The molecule has 0 fully saturated rings. The van der Waals surface area contributed by atoms with Crippen molar-refractivity contribution >= 4 is 63.7 Å². The van der Waals surface area contributed by atoms with Gasteiger partial charge in [-0.2, -0.15) is 0 Å². The Morgan fingerprint density at radius 1 is 1.25 bits per heavy atom. The maximum absolute atomic E-state index is 14.5. The Kier molecular flexibility index (Phi) is 8.34. The van der Waals surface area contributed by atoms with Crippen LogP contribution in [0.2, 0.25) is 10.0 Å². The predicted octanol–water partition coefficient (Wildman–Crippen LogP) is 5.91. The SMILES string of the molecule is CCCC(C)NC(=O)CSC1=NC(=Cc2ccc(Cl)c(Cl)c2)C(=O)N1c1ccccc1F. The number of hydrogen-bond acceptors (Lipinski definition) is 4. The first kappa shape index (κ1) is 24.3. The van der Waals surface area contributed by atoms with Crippen molar-refractivity contribution < 1.29 is 14.0 Å². The third kappa shape index (κ3) is 5.91. The van der Waals surface area contributed by atoms with Gasteiger partial charge in [-0.1, -0.05) is 66.5 Å². The van der Waals surface area contributed by atoms with Gasteiger partial charge in [-0.05, 0) is 49.2 Å². The number of amidine groups is 1. The van der Waals surface area contributed by atoms with E-state index in [1.165, 1.54) is 17.0 Å². The molecular weight excluding hydrogens is 472 g/mol. The Labute approximate surface area is 200 Å². The highest BCUT2D eigenvalue weighted by molar-refractivity contribution is 8.14. The van der Waals surface area contributed by atoms with Gasteiger partial charge in [0.15, 0.2) is 5.17 Å². The first-order valence-corrected chi connectivity index (χ1v) is 11.8. The smallest absolute Gasteiger partial charge is 0.283 e. The van der Waals surface area contributed by atoms with Crippen molar-refractivity contribution in [2.75, 3.05) is 10.7 Å². The van der Waals surface area contributed by atoms with Crippen LogP contribution in [0.1, 0.15) is 32.3 Å². The predicted molar refractivity (Wildman–Crippen MR) is 131 cm³/mol. The molecule has 1 aliphatic rings. The topological polar surface area (TPSA) is 61.8 Å². The molecule has 0 aliphatic carbocycles. The normalized spacial score (nSPS) is 15.8. The molecule has 0 saturated heterocycles. The minimum Gasteiger partial charge on any atom is -0.353 e. The summed E-state index contributed by atoms with van der Waals surface area (Å²) in [4.78, 5) is 31.0. The second-order valence-electron chi connectivity index (χ2n) is 7.24. The Balaban J connectivity index is 1.88. The summed E-state index contributed by atoms with van der Waals surface area (Å²) in [6.07, 6.45) is 3.38. The molecule has 0 bridgehead atoms. The molecule has 0 saturated carbocycles. The van der Waals surface area contributed by atoms with Crippen molar-refractivity contribution in [1.29, 1.82) is 0 Å². The van der Waals surface area contributed by atoms with Crippen molar-refractivity contribution in [3.63, 3.8) is 0 Å². The molecule has 2 amide bonds. The number of nitrogens with zero attached hydrogens (tertiary/aromatic N) is 2. The van der Waals surface area contributed by atoms with Crippen molar-refractivity contribution in [2.45, 2.75) is 32.7 Å². The number of aliphatic imine (C=N–C) groups is 1. The highest BCUT2D eigenvalue weighted by atomic mass is 35.5. The molecule has 1 atom stereocenters. The number of hydrogen-bond donors (Lipinski definition) is 1. The molecule has 1 heterocycles. The van der Waals surface area contributed by atoms with Crippen LogP contribution in [0.15, 0.2) is 53.2 Å². The molecule has 0 aromatic heterocycles. The fourth-order valence-electron chi connectivity index (χ4n) is 3.15. The van der Waals surface area contributed by atoms with Crippen LogP contribution in [0.3, 0.4) is 0 Å². The summed E-state index contributed by atoms with van der Waals surface area (Å²) in [6.45, 7) is 3.98. The largest absolute Gasteiger partial charge is 0.353 e. The molecule has 32 heavy (non-hydrogen) atoms. The molecular formula is C23H22Cl2FN3O2S. The van der Waals surface area contributed by atoms with Gasteiger partial charge in [-0.25, -0.2) is 9.38 Å². The van der Waals surface area contributed by atoms with Crippen molar-refractivity contribution in [3.8, 4) is 0 Å². The van der Waals surface area contributed by atoms with E-state index in [0.717, 1.165) is 24.6 Å². The van der Waals surface area contributed by atoms with E-state index in [-0.39, 0.29) is 34.3 Å². The van der Waals surface area contributed by atoms with Gasteiger partial charge in [0.1, 0.15) is 11.5 Å². The average Bonchev–Trinajstić information content (AvgIpc) is 3.05. The number of rotatable bonds is 7. The van der Waals surface area contributed by atoms with Crippen LogP contribution in [0.4, 0.5) is 10.1 Å². The van der Waals surface area contributed by atoms with Gasteiger partial charge >= 0.3 is 0 Å². The zero-order valence-electron chi connectivity index (χ0n) is 17.6. The number of thioether (sulfide) groups is 1. The number of carbonyl (C=O) groups excluding carboxylic acids is 2. The molecule has 168 valence electrons. The third-order valence-electron chi connectivity index (χ3n) is 4.63. The number of carbonyl (C=O) groups is 2. The van der Waals surface area contributed by atoms with E-state index in [1.54, 1.807) is 36.4 Å². The van der Waals surface area contributed by atoms with Gasteiger partial charge < -0.3 is 5.32 Å². The van der Waals surface area contributed by atoms with E-state index in [1.807, 2.05) is 13.8 Å². The summed E-state index contributed by atoms with van der Waals surface area (Å²) in [5.74, 6) is -1.19. The first-order chi connectivity index (χ1) is 15.3. The van der Waals surface area contributed by atoms with Gasteiger partial charge in [0.05, 0.1) is 21.5 Å². The van der Waals surface area contributed by atoms with E-state index in [0.29, 0.717) is 15.6 Å². The van der Waals surface area contributed by atoms with Crippen LogP contribution in [0.5, 0.6) is 0 Å². The fraction of sp³-hybridized carbons (Fsp3) is 0.261. The van der Waals surface area contributed by atoms with Crippen LogP contribution in [0, 0.1) is 5.82 Å². The summed E-state index contributed by atoms with van der Waals surface area (Å²) in [5.41, 5.74) is 0.798. The van der Waals surface area contributed by atoms with Gasteiger partial charge in [0.25, 0.3) is 5.91 Å². The van der Waals surface area contributed by atoms with Crippen LogP contribution < -0.4 is 10.2 Å². The number of anilines is 1. The molecule has 0 spiro atoms. The number of nitrogens with one attached hydrogen (secondary N) is 1. The minimum absolute atomic E-state index is 0.0468. The van der Waals surface area contributed by atoms with Crippen molar-refractivity contribution in [2.24, 2.45) is 4.99 Å². The van der Waals surface area contributed by atoms with E-state index in [9.17, 15) is 14.0 Å². The number of amides is 2. The van der Waals surface area contributed by atoms with Gasteiger partial charge in [0.2, 0.25) is 5.91 Å². The summed E-state index contributed by atoms with van der Waals surface area (Å²) >= 11 is 13.1. The Bertz CT molecular complexity index is 1090. The van der Waals surface area contributed by atoms with E-state index >= 15 is 0 Å². The maximum atomic E-state index is 14.5. The van der Waals surface area contributed by atoms with Crippen LogP contribution in [0.25, 0.3) is 6.08 Å². The minimum atomic E-state index is -0.564. The van der Waals surface area contributed by atoms with E-state index in [4.69, 9.17) is 23.2 Å². The molecule has 1 unspecified atom stereocenters. The van der Waals surface area contributed by atoms with Gasteiger partial charge in [0, 0.05) is 6.04 Å². The van der Waals surface area contributed by atoms with E-state index in [2.05, 4.69) is 10.3 Å². The molecule has 1 N–H and O–H groups in total. The van der Waals surface area contributed by atoms with Crippen molar-refractivity contribution in [1.82, 2.24) is 5.32 Å². The summed E-state index contributed by atoms with van der Waals surface area (Å²) in [5, 5.41) is 3.87. The number of para-hydroxylation sites is 1. The molecule has 2 aromatic rings. The first-order valence-electron chi connectivity index (χ1n) is 10.1. The Morgan fingerprint density at radius 2 is 2.00 bits per heavy atom. The lowest BCUT2D eigenvalue weighted by Gasteiger charge is -2.18. The summed E-state index contributed by atoms with van der Waals surface area (Å²) in [7, 11) is 0. The third-order valence-corrected chi connectivity index (χ3v) is 6.31. The van der Waals surface area contributed by atoms with Crippen LogP contribution in [-0.2, 0) is 9.59 Å².